The Morgan fingerprint density at radius 3 is 2.90 bits per heavy atom. The van der Waals surface area contributed by atoms with Crippen LogP contribution >= 0.6 is 0 Å². The second-order valence-corrected chi connectivity index (χ2v) is 6.20. The summed E-state index contributed by atoms with van der Waals surface area (Å²) >= 11 is 0. The van der Waals surface area contributed by atoms with E-state index < -0.39 is 0 Å². The highest BCUT2D eigenvalue weighted by atomic mass is 16.3. The maximum absolute atomic E-state index is 5.97. The summed E-state index contributed by atoms with van der Waals surface area (Å²) in [5.74, 6) is 2.01. The van der Waals surface area contributed by atoms with Crippen LogP contribution < -0.4 is 5.32 Å². The molecule has 2 atom stereocenters. The van der Waals surface area contributed by atoms with Crippen LogP contribution in [0.5, 0.6) is 0 Å². The molecule has 2 aromatic rings. The number of aryl methyl sites for hydroxylation is 1. The summed E-state index contributed by atoms with van der Waals surface area (Å²) in [6, 6.07) is 9.07. The molecule has 108 valence electrons. The van der Waals surface area contributed by atoms with Crippen molar-refractivity contribution in [3.8, 4) is 0 Å². The van der Waals surface area contributed by atoms with Crippen molar-refractivity contribution in [1.29, 1.82) is 0 Å². The minimum absolute atomic E-state index is 0.678. The van der Waals surface area contributed by atoms with Crippen molar-refractivity contribution >= 4 is 11.0 Å². The first kappa shape index (κ1) is 13.7. The zero-order chi connectivity index (χ0) is 13.9. The first-order valence-corrected chi connectivity index (χ1v) is 8.00. The smallest absolute Gasteiger partial charge is 0.134 e. The molecule has 0 amide bonds. The van der Waals surface area contributed by atoms with E-state index in [1.54, 1.807) is 0 Å². The molecule has 1 fully saturated rings. The van der Waals surface area contributed by atoms with Gasteiger partial charge in [-0.1, -0.05) is 44.9 Å². The van der Waals surface area contributed by atoms with E-state index in [4.69, 9.17) is 4.42 Å². The summed E-state index contributed by atoms with van der Waals surface area (Å²) in [7, 11) is 0. The molecule has 1 aromatic carbocycles. The lowest BCUT2D eigenvalue weighted by molar-refractivity contribution is 0.300. The van der Waals surface area contributed by atoms with Crippen molar-refractivity contribution in [2.75, 3.05) is 0 Å². The molecule has 1 aliphatic carbocycles. The van der Waals surface area contributed by atoms with Crippen LogP contribution in [0.1, 0.15) is 50.9 Å². The molecule has 2 unspecified atom stereocenters. The summed E-state index contributed by atoms with van der Waals surface area (Å²) in [6.07, 6.45) is 6.37. The van der Waals surface area contributed by atoms with E-state index in [-0.39, 0.29) is 0 Å². The number of furan rings is 1. The van der Waals surface area contributed by atoms with E-state index in [9.17, 15) is 0 Å². The van der Waals surface area contributed by atoms with Crippen LogP contribution in [0.15, 0.2) is 28.7 Å². The Morgan fingerprint density at radius 2 is 2.10 bits per heavy atom. The van der Waals surface area contributed by atoms with Crippen LogP contribution in [0.2, 0.25) is 0 Å². The van der Waals surface area contributed by atoms with E-state index in [1.807, 2.05) is 6.07 Å². The number of hydrogen-bond acceptors (Lipinski definition) is 2. The lowest BCUT2D eigenvalue weighted by atomic mass is 9.87. The first-order chi connectivity index (χ1) is 9.78. The normalized spacial score (nSPS) is 23.3. The van der Waals surface area contributed by atoms with Crippen LogP contribution in [0.25, 0.3) is 11.0 Å². The third-order valence-corrected chi connectivity index (χ3v) is 4.61. The van der Waals surface area contributed by atoms with Gasteiger partial charge in [0.1, 0.15) is 11.3 Å². The lowest BCUT2D eigenvalue weighted by Crippen LogP contribution is -2.33. The number of para-hydroxylation sites is 1. The van der Waals surface area contributed by atoms with Crippen LogP contribution in [-0.4, -0.2) is 6.04 Å². The van der Waals surface area contributed by atoms with Gasteiger partial charge in [0.15, 0.2) is 0 Å². The minimum Gasteiger partial charge on any atom is -0.461 e. The third kappa shape index (κ3) is 2.76. The van der Waals surface area contributed by atoms with Gasteiger partial charge in [-0.2, -0.15) is 0 Å². The topological polar surface area (TPSA) is 25.2 Å². The standard InChI is InChI=1S/C18H25NO/c1-3-17-16(15-9-4-5-10-18(15)20-17)12-19-14-8-6-7-13(2)11-14/h4-5,9-10,13-14,19H,3,6-8,11-12H2,1-2H3. The Balaban J connectivity index is 1.76. The Kier molecular flexibility index (Phi) is 4.11. The highest BCUT2D eigenvalue weighted by molar-refractivity contribution is 5.82. The van der Waals surface area contributed by atoms with Gasteiger partial charge in [0.25, 0.3) is 0 Å². The summed E-state index contributed by atoms with van der Waals surface area (Å²) in [4.78, 5) is 0. The fourth-order valence-corrected chi connectivity index (χ4v) is 3.49. The van der Waals surface area contributed by atoms with Gasteiger partial charge >= 0.3 is 0 Å². The Labute approximate surface area is 121 Å². The van der Waals surface area contributed by atoms with Crippen molar-refractivity contribution in [3.63, 3.8) is 0 Å². The number of hydrogen-bond donors (Lipinski definition) is 1. The van der Waals surface area contributed by atoms with Gasteiger partial charge in [-0.25, -0.2) is 0 Å². The van der Waals surface area contributed by atoms with Crippen molar-refractivity contribution < 1.29 is 4.42 Å². The van der Waals surface area contributed by atoms with E-state index in [1.165, 1.54) is 36.6 Å². The Morgan fingerprint density at radius 1 is 1.25 bits per heavy atom. The Bertz CT molecular complexity index is 572. The average Bonchev–Trinajstić information content (AvgIpc) is 2.83. The van der Waals surface area contributed by atoms with E-state index >= 15 is 0 Å². The van der Waals surface area contributed by atoms with Crippen LogP contribution in [0.3, 0.4) is 0 Å². The molecule has 1 N–H and O–H groups in total. The van der Waals surface area contributed by atoms with Crippen LogP contribution in [-0.2, 0) is 13.0 Å². The molecular formula is C18H25NO. The van der Waals surface area contributed by atoms with Crippen molar-refractivity contribution in [3.05, 3.63) is 35.6 Å². The molecule has 1 saturated carbocycles. The van der Waals surface area contributed by atoms with Crippen molar-refractivity contribution in [2.24, 2.45) is 5.92 Å². The fourth-order valence-electron chi connectivity index (χ4n) is 3.49. The summed E-state index contributed by atoms with van der Waals surface area (Å²) in [6.45, 7) is 5.49. The van der Waals surface area contributed by atoms with E-state index in [0.29, 0.717) is 6.04 Å². The van der Waals surface area contributed by atoms with Crippen molar-refractivity contribution in [2.45, 2.75) is 58.5 Å². The first-order valence-electron chi connectivity index (χ1n) is 8.00. The molecule has 2 heteroatoms. The quantitative estimate of drug-likeness (QED) is 0.874. The van der Waals surface area contributed by atoms with Gasteiger partial charge in [-0.05, 0) is 24.8 Å². The van der Waals surface area contributed by atoms with Gasteiger partial charge in [0.05, 0.1) is 0 Å². The maximum atomic E-state index is 5.97. The number of nitrogens with one attached hydrogen (secondary N) is 1. The van der Waals surface area contributed by atoms with Crippen molar-refractivity contribution in [1.82, 2.24) is 5.32 Å². The predicted octanol–water partition coefficient (Wildman–Crippen LogP) is 4.66. The fraction of sp³-hybridized carbons (Fsp3) is 0.556. The summed E-state index contributed by atoms with van der Waals surface area (Å²) in [5.41, 5.74) is 2.39. The van der Waals surface area contributed by atoms with Gasteiger partial charge in [0, 0.05) is 30.0 Å². The minimum atomic E-state index is 0.678. The molecule has 3 rings (SSSR count). The van der Waals surface area contributed by atoms with E-state index in [2.05, 4.69) is 37.4 Å². The number of rotatable bonds is 4. The number of benzene rings is 1. The summed E-state index contributed by atoms with van der Waals surface area (Å²) in [5, 5.41) is 5.04. The highest BCUT2D eigenvalue weighted by Gasteiger charge is 2.19. The molecule has 0 radical (unpaired) electrons. The number of fused-ring (bicyclic) bond motifs is 1. The molecule has 0 aliphatic heterocycles. The van der Waals surface area contributed by atoms with Gasteiger partial charge < -0.3 is 9.73 Å². The molecule has 20 heavy (non-hydrogen) atoms. The van der Waals surface area contributed by atoms with Gasteiger partial charge in [0.2, 0.25) is 0 Å². The van der Waals surface area contributed by atoms with Gasteiger partial charge in [-0.15, -0.1) is 0 Å². The lowest BCUT2D eigenvalue weighted by Gasteiger charge is -2.27. The third-order valence-electron chi connectivity index (χ3n) is 4.61. The predicted molar refractivity (Wildman–Crippen MR) is 83.9 cm³/mol. The Hall–Kier alpha value is -1.28. The molecule has 2 nitrogen and oxygen atoms in total. The van der Waals surface area contributed by atoms with Crippen LogP contribution in [0, 0.1) is 5.92 Å². The molecule has 1 heterocycles. The SMILES string of the molecule is CCc1oc2ccccc2c1CNC1CCCC(C)C1. The molecule has 1 aliphatic rings. The second-order valence-electron chi connectivity index (χ2n) is 6.20. The molecule has 1 aromatic heterocycles. The molecule has 0 spiro atoms. The van der Waals surface area contributed by atoms with Gasteiger partial charge in [-0.3, -0.25) is 0 Å². The zero-order valence-corrected chi connectivity index (χ0v) is 12.6. The molecule has 0 saturated heterocycles. The monoisotopic (exact) mass is 271 g/mol. The van der Waals surface area contributed by atoms with E-state index in [0.717, 1.165) is 30.2 Å². The second kappa shape index (κ2) is 6.01. The molecule has 0 bridgehead atoms. The largest absolute Gasteiger partial charge is 0.461 e. The molecular weight excluding hydrogens is 246 g/mol. The summed E-state index contributed by atoms with van der Waals surface area (Å²) < 4.78 is 5.97. The zero-order valence-electron chi connectivity index (χ0n) is 12.6. The highest BCUT2D eigenvalue weighted by Crippen LogP contribution is 2.28. The van der Waals surface area contributed by atoms with Crippen LogP contribution in [0.4, 0.5) is 0 Å². The average molecular weight is 271 g/mol. The maximum Gasteiger partial charge on any atom is 0.134 e.